The fraction of sp³-hybridized carbons (Fsp3) is 0.562. The second-order valence-electron chi connectivity index (χ2n) is 5.46. The van der Waals surface area contributed by atoms with Crippen LogP contribution in [-0.4, -0.2) is 43.2 Å². The van der Waals surface area contributed by atoms with Crippen molar-refractivity contribution in [3.05, 3.63) is 29.3 Å². The van der Waals surface area contributed by atoms with Gasteiger partial charge in [-0.05, 0) is 63.0 Å². The molecule has 0 aromatic heterocycles. The van der Waals surface area contributed by atoms with Crippen molar-refractivity contribution in [3.8, 4) is 0 Å². The maximum Gasteiger partial charge on any atom is 0.232 e. The second-order valence-corrected chi connectivity index (χ2v) is 6.94. The molecule has 0 aliphatic carbocycles. The number of thioether (sulfide) groups is 1. The van der Waals surface area contributed by atoms with Crippen LogP contribution in [0.4, 0.5) is 0 Å². The number of rotatable bonds is 6. The molecular formula is C16H23ClN2OS. The van der Waals surface area contributed by atoms with Gasteiger partial charge in [0, 0.05) is 23.0 Å². The van der Waals surface area contributed by atoms with Crippen molar-refractivity contribution in [2.75, 3.05) is 32.4 Å². The third-order valence-corrected chi connectivity index (χ3v) is 5.19. The third kappa shape index (κ3) is 5.53. The van der Waals surface area contributed by atoms with Crippen molar-refractivity contribution in [1.29, 1.82) is 0 Å². The van der Waals surface area contributed by atoms with Crippen molar-refractivity contribution in [1.82, 2.24) is 10.2 Å². The Bertz CT molecular complexity index is 444. The second kappa shape index (κ2) is 8.66. The molecule has 5 heteroatoms. The number of carbonyl (C=O) groups excluding carboxylic acids is 1. The molecule has 0 saturated carbocycles. The fourth-order valence-corrected chi connectivity index (χ4v) is 3.51. The number of amides is 1. The minimum atomic E-state index is 0.252. The van der Waals surface area contributed by atoms with Crippen molar-refractivity contribution in [2.45, 2.75) is 24.2 Å². The number of nitrogens with one attached hydrogen (secondary N) is 1. The highest BCUT2D eigenvalue weighted by Crippen LogP contribution is 2.23. The van der Waals surface area contributed by atoms with Crippen LogP contribution in [0, 0.1) is 5.92 Å². The molecule has 1 heterocycles. The predicted molar refractivity (Wildman–Crippen MR) is 90.0 cm³/mol. The summed E-state index contributed by atoms with van der Waals surface area (Å²) in [4.78, 5) is 15.3. The number of benzene rings is 1. The van der Waals surface area contributed by atoms with Gasteiger partial charge in [0.25, 0.3) is 0 Å². The summed E-state index contributed by atoms with van der Waals surface area (Å²) in [5.74, 6) is 1.54. The van der Waals surface area contributed by atoms with Gasteiger partial charge in [-0.15, -0.1) is 11.8 Å². The molecule has 1 aliphatic heterocycles. The van der Waals surface area contributed by atoms with Gasteiger partial charge in [0.05, 0.1) is 5.75 Å². The number of likely N-dealkylation sites (tertiary alicyclic amines) is 1. The molecule has 1 saturated heterocycles. The zero-order chi connectivity index (χ0) is 15.1. The molecule has 1 N–H and O–H groups in total. The molecule has 0 atom stereocenters. The molecule has 0 radical (unpaired) electrons. The first kappa shape index (κ1) is 16.7. The van der Waals surface area contributed by atoms with E-state index >= 15 is 0 Å². The Morgan fingerprint density at radius 1 is 1.33 bits per heavy atom. The van der Waals surface area contributed by atoms with Crippen molar-refractivity contribution >= 4 is 29.3 Å². The Balaban J connectivity index is 1.71. The van der Waals surface area contributed by atoms with Gasteiger partial charge in [0.1, 0.15) is 0 Å². The van der Waals surface area contributed by atoms with E-state index in [4.69, 9.17) is 11.6 Å². The van der Waals surface area contributed by atoms with Crippen LogP contribution in [0.25, 0.3) is 0 Å². The zero-order valence-electron chi connectivity index (χ0n) is 12.5. The van der Waals surface area contributed by atoms with Gasteiger partial charge < -0.3 is 10.2 Å². The molecule has 1 amide bonds. The summed E-state index contributed by atoms with van der Waals surface area (Å²) in [6.45, 7) is 2.90. The van der Waals surface area contributed by atoms with E-state index in [1.165, 1.54) is 6.42 Å². The normalized spacial score (nSPS) is 16.2. The van der Waals surface area contributed by atoms with Gasteiger partial charge >= 0.3 is 0 Å². The van der Waals surface area contributed by atoms with E-state index in [0.29, 0.717) is 5.75 Å². The highest BCUT2D eigenvalue weighted by atomic mass is 35.5. The summed E-state index contributed by atoms with van der Waals surface area (Å²) in [7, 11) is 1.99. The van der Waals surface area contributed by atoms with Crippen LogP contribution < -0.4 is 5.32 Å². The van der Waals surface area contributed by atoms with E-state index in [9.17, 15) is 4.79 Å². The van der Waals surface area contributed by atoms with Gasteiger partial charge in [-0.3, -0.25) is 4.79 Å². The molecular weight excluding hydrogens is 304 g/mol. The largest absolute Gasteiger partial charge is 0.342 e. The van der Waals surface area contributed by atoms with Crippen molar-refractivity contribution in [2.24, 2.45) is 5.92 Å². The number of carbonyl (C=O) groups is 1. The molecule has 116 valence electrons. The van der Waals surface area contributed by atoms with E-state index in [1.54, 1.807) is 11.8 Å². The van der Waals surface area contributed by atoms with Crippen molar-refractivity contribution < 1.29 is 4.79 Å². The maximum absolute atomic E-state index is 12.2. The zero-order valence-corrected chi connectivity index (χ0v) is 14.1. The molecule has 0 unspecified atom stereocenters. The average Bonchev–Trinajstić information content (AvgIpc) is 2.52. The van der Waals surface area contributed by atoms with Crippen LogP contribution in [0.15, 0.2) is 29.2 Å². The number of hydrogen-bond acceptors (Lipinski definition) is 3. The number of halogens is 1. The minimum Gasteiger partial charge on any atom is -0.342 e. The Kier molecular flexibility index (Phi) is 6.87. The molecule has 21 heavy (non-hydrogen) atoms. The lowest BCUT2D eigenvalue weighted by Crippen LogP contribution is -2.39. The molecule has 1 aliphatic rings. The Morgan fingerprint density at radius 2 is 2.00 bits per heavy atom. The SMILES string of the molecule is CNCCC1CCN(C(=O)CSc2ccc(Cl)cc2)CC1. The monoisotopic (exact) mass is 326 g/mol. The lowest BCUT2D eigenvalue weighted by molar-refractivity contribution is -0.129. The maximum atomic E-state index is 12.2. The quantitative estimate of drug-likeness (QED) is 0.814. The molecule has 1 aromatic rings. The lowest BCUT2D eigenvalue weighted by Gasteiger charge is -2.32. The Labute approximate surface area is 136 Å². The summed E-state index contributed by atoms with van der Waals surface area (Å²) < 4.78 is 0. The highest BCUT2D eigenvalue weighted by molar-refractivity contribution is 8.00. The smallest absolute Gasteiger partial charge is 0.232 e. The lowest BCUT2D eigenvalue weighted by atomic mass is 9.93. The number of nitrogens with zero attached hydrogens (tertiary/aromatic N) is 1. The highest BCUT2D eigenvalue weighted by Gasteiger charge is 2.22. The Morgan fingerprint density at radius 3 is 2.62 bits per heavy atom. The number of piperidine rings is 1. The van der Waals surface area contributed by atoms with Gasteiger partial charge in [0.15, 0.2) is 0 Å². The van der Waals surface area contributed by atoms with Gasteiger partial charge in [0.2, 0.25) is 5.91 Å². The summed E-state index contributed by atoms with van der Waals surface area (Å²) in [5.41, 5.74) is 0. The van der Waals surface area contributed by atoms with E-state index in [2.05, 4.69) is 5.32 Å². The van der Waals surface area contributed by atoms with E-state index in [-0.39, 0.29) is 5.91 Å². The average molecular weight is 327 g/mol. The predicted octanol–water partition coefficient (Wildman–Crippen LogP) is 3.28. The molecule has 3 nitrogen and oxygen atoms in total. The van der Waals surface area contributed by atoms with Crippen LogP contribution in [0.1, 0.15) is 19.3 Å². The summed E-state index contributed by atoms with van der Waals surface area (Å²) in [6.07, 6.45) is 3.50. The van der Waals surface area contributed by atoms with Crippen LogP contribution in [0.2, 0.25) is 5.02 Å². The van der Waals surface area contributed by atoms with E-state index in [1.807, 2.05) is 36.2 Å². The first-order chi connectivity index (χ1) is 10.2. The topological polar surface area (TPSA) is 32.3 Å². The summed E-state index contributed by atoms with van der Waals surface area (Å²) >= 11 is 7.44. The molecule has 1 aromatic carbocycles. The number of hydrogen-bond donors (Lipinski definition) is 1. The van der Waals surface area contributed by atoms with Crippen LogP contribution in [-0.2, 0) is 4.79 Å². The van der Waals surface area contributed by atoms with Crippen LogP contribution >= 0.6 is 23.4 Å². The molecule has 2 rings (SSSR count). The fourth-order valence-electron chi connectivity index (χ4n) is 2.59. The van der Waals surface area contributed by atoms with Gasteiger partial charge in [-0.2, -0.15) is 0 Å². The van der Waals surface area contributed by atoms with Crippen LogP contribution in [0.5, 0.6) is 0 Å². The minimum absolute atomic E-state index is 0.252. The van der Waals surface area contributed by atoms with Crippen LogP contribution in [0.3, 0.4) is 0 Å². The molecule has 1 fully saturated rings. The first-order valence-corrected chi connectivity index (χ1v) is 8.86. The van der Waals surface area contributed by atoms with Gasteiger partial charge in [-0.25, -0.2) is 0 Å². The van der Waals surface area contributed by atoms with E-state index < -0.39 is 0 Å². The van der Waals surface area contributed by atoms with Crippen molar-refractivity contribution in [3.63, 3.8) is 0 Å². The first-order valence-electron chi connectivity index (χ1n) is 7.50. The molecule has 0 spiro atoms. The standard InChI is InChI=1S/C16H23ClN2OS/c1-18-9-6-13-7-10-19(11-8-13)16(20)12-21-15-4-2-14(17)3-5-15/h2-5,13,18H,6-12H2,1H3. The van der Waals surface area contributed by atoms with E-state index in [0.717, 1.165) is 48.3 Å². The summed E-state index contributed by atoms with van der Waals surface area (Å²) in [6, 6.07) is 7.65. The molecule has 0 bridgehead atoms. The summed E-state index contributed by atoms with van der Waals surface area (Å²) in [5, 5.41) is 3.93. The third-order valence-electron chi connectivity index (χ3n) is 3.95. The Hall–Kier alpha value is -0.710. The van der Waals surface area contributed by atoms with Gasteiger partial charge in [-0.1, -0.05) is 11.6 Å².